The molecule has 10 heteroatoms. The first-order valence-corrected chi connectivity index (χ1v) is 13.8. The summed E-state index contributed by atoms with van der Waals surface area (Å²) in [5.74, 6) is 1.24. The SMILES string of the molecule is CCCCCCCCCSCc1cc(NC(=O)C2=C(O)c3ccccc3S(=O)(=O)N2C)no1. The van der Waals surface area contributed by atoms with Crippen LogP contribution in [-0.4, -0.2) is 41.7 Å². The number of anilines is 1. The van der Waals surface area contributed by atoms with Gasteiger partial charge in [0.15, 0.2) is 17.3 Å². The highest BCUT2D eigenvalue weighted by Crippen LogP contribution is 2.34. The number of rotatable bonds is 12. The molecule has 8 nitrogen and oxygen atoms in total. The minimum absolute atomic E-state index is 0.0525. The van der Waals surface area contributed by atoms with Crippen LogP contribution in [-0.2, 0) is 20.6 Å². The topological polar surface area (TPSA) is 113 Å². The Kier molecular flexibility index (Phi) is 8.85. The van der Waals surface area contributed by atoms with Gasteiger partial charge in [-0.15, -0.1) is 0 Å². The van der Waals surface area contributed by atoms with E-state index in [1.807, 2.05) is 0 Å². The zero-order valence-corrected chi connectivity index (χ0v) is 20.7. The number of carbonyl (C=O) groups is 1. The van der Waals surface area contributed by atoms with Crippen molar-refractivity contribution in [3.05, 3.63) is 47.4 Å². The van der Waals surface area contributed by atoms with E-state index in [1.54, 1.807) is 30.0 Å². The molecule has 0 atom stereocenters. The van der Waals surface area contributed by atoms with Crippen molar-refractivity contribution in [3.8, 4) is 0 Å². The number of sulfonamides is 1. The van der Waals surface area contributed by atoms with Crippen molar-refractivity contribution in [3.63, 3.8) is 0 Å². The number of aromatic nitrogens is 1. The molecule has 0 bridgehead atoms. The van der Waals surface area contributed by atoms with Gasteiger partial charge in [-0.05, 0) is 24.3 Å². The average molecular weight is 494 g/mol. The normalized spacial score (nSPS) is 14.9. The van der Waals surface area contributed by atoms with Crippen LogP contribution in [0.1, 0.15) is 63.2 Å². The van der Waals surface area contributed by atoms with Gasteiger partial charge in [0.05, 0.1) is 10.6 Å². The molecule has 1 aliphatic rings. The van der Waals surface area contributed by atoms with Gasteiger partial charge in [-0.3, -0.25) is 9.10 Å². The quantitative estimate of drug-likeness (QED) is 0.393. The van der Waals surface area contributed by atoms with Crippen molar-refractivity contribution in [2.24, 2.45) is 0 Å². The molecule has 2 heterocycles. The second-order valence-corrected chi connectivity index (χ2v) is 11.0. The third kappa shape index (κ3) is 6.11. The number of hydrogen-bond donors (Lipinski definition) is 2. The minimum atomic E-state index is -3.95. The second kappa shape index (κ2) is 11.6. The van der Waals surface area contributed by atoms with Gasteiger partial charge < -0.3 is 14.9 Å². The number of nitrogens with zero attached hydrogens (tertiary/aromatic N) is 2. The summed E-state index contributed by atoms with van der Waals surface area (Å²) in [6.45, 7) is 2.22. The fraction of sp³-hybridized carbons (Fsp3) is 0.478. The van der Waals surface area contributed by atoms with Crippen LogP contribution in [0.5, 0.6) is 0 Å². The van der Waals surface area contributed by atoms with Gasteiger partial charge in [-0.1, -0.05) is 62.7 Å². The van der Waals surface area contributed by atoms with E-state index >= 15 is 0 Å². The van der Waals surface area contributed by atoms with E-state index in [-0.39, 0.29) is 22.0 Å². The Morgan fingerprint density at radius 1 is 1.15 bits per heavy atom. The van der Waals surface area contributed by atoms with Gasteiger partial charge in [0.2, 0.25) is 0 Å². The van der Waals surface area contributed by atoms with Crippen LogP contribution in [0.3, 0.4) is 0 Å². The maximum atomic E-state index is 12.8. The Balaban J connectivity index is 1.54. The Morgan fingerprint density at radius 3 is 2.61 bits per heavy atom. The van der Waals surface area contributed by atoms with Gasteiger partial charge in [0.1, 0.15) is 5.76 Å². The number of aliphatic hydroxyl groups excluding tert-OH is 1. The van der Waals surface area contributed by atoms with Crippen molar-refractivity contribution < 1.29 is 22.8 Å². The molecule has 1 aliphatic heterocycles. The number of likely N-dealkylation sites (N-methyl/N-ethyl adjacent to an activating group) is 1. The summed E-state index contributed by atoms with van der Waals surface area (Å²) in [5.41, 5.74) is -0.282. The summed E-state index contributed by atoms with van der Waals surface area (Å²) < 4.78 is 31.5. The van der Waals surface area contributed by atoms with E-state index in [0.29, 0.717) is 11.5 Å². The first kappa shape index (κ1) is 25.2. The summed E-state index contributed by atoms with van der Waals surface area (Å²) in [6, 6.07) is 7.61. The fourth-order valence-electron chi connectivity index (χ4n) is 3.63. The maximum Gasteiger partial charge on any atom is 0.278 e. The molecule has 1 aromatic heterocycles. The number of amides is 1. The predicted molar refractivity (Wildman–Crippen MR) is 130 cm³/mol. The first-order chi connectivity index (χ1) is 15.9. The van der Waals surface area contributed by atoms with Crippen LogP contribution in [0.25, 0.3) is 5.76 Å². The lowest BCUT2D eigenvalue weighted by Gasteiger charge is -2.28. The number of aliphatic hydroxyl groups is 1. The number of unbranched alkanes of at least 4 members (excludes halogenated alkanes) is 6. The van der Waals surface area contributed by atoms with Crippen LogP contribution >= 0.6 is 11.8 Å². The molecule has 2 aromatic rings. The lowest BCUT2D eigenvalue weighted by atomic mass is 10.1. The van der Waals surface area contributed by atoms with E-state index in [4.69, 9.17) is 4.52 Å². The summed E-state index contributed by atoms with van der Waals surface area (Å²) >= 11 is 1.74. The molecule has 2 N–H and O–H groups in total. The third-order valence-electron chi connectivity index (χ3n) is 5.47. The third-order valence-corrected chi connectivity index (χ3v) is 8.35. The molecule has 0 unspecified atom stereocenters. The molecular formula is C23H31N3O5S2. The molecule has 1 aromatic carbocycles. The van der Waals surface area contributed by atoms with Crippen molar-refractivity contribution in [2.75, 3.05) is 18.1 Å². The van der Waals surface area contributed by atoms with E-state index < -0.39 is 21.7 Å². The largest absolute Gasteiger partial charge is 0.505 e. The Morgan fingerprint density at radius 2 is 1.85 bits per heavy atom. The number of fused-ring (bicyclic) bond motifs is 1. The number of thioether (sulfide) groups is 1. The molecule has 0 fully saturated rings. The van der Waals surface area contributed by atoms with E-state index in [0.717, 1.165) is 16.5 Å². The highest BCUT2D eigenvalue weighted by atomic mass is 32.2. The van der Waals surface area contributed by atoms with Gasteiger partial charge in [-0.2, -0.15) is 11.8 Å². The zero-order chi connectivity index (χ0) is 23.8. The van der Waals surface area contributed by atoms with Gasteiger partial charge in [0, 0.05) is 18.7 Å². The molecule has 0 saturated carbocycles. The van der Waals surface area contributed by atoms with Gasteiger partial charge in [-0.25, -0.2) is 8.42 Å². The summed E-state index contributed by atoms with van der Waals surface area (Å²) in [7, 11) is -2.73. The van der Waals surface area contributed by atoms with Crippen LogP contribution in [0.2, 0.25) is 0 Å². The molecular weight excluding hydrogens is 462 g/mol. The van der Waals surface area contributed by atoms with Crippen LogP contribution < -0.4 is 5.32 Å². The fourth-order valence-corrected chi connectivity index (χ4v) is 5.92. The molecule has 0 spiro atoms. The summed E-state index contributed by atoms with van der Waals surface area (Å²) in [5, 5.41) is 17.0. The van der Waals surface area contributed by atoms with Crippen molar-refractivity contribution in [1.29, 1.82) is 0 Å². The van der Waals surface area contributed by atoms with E-state index in [9.17, 15) is 18.3 Å². The average Bonchev–Trinajstić information content (AvgIpc) is 3.24. The van der Waals surface area contributed by atoms with Gasteiger partial charge in [0.25, 0.3) is 15.9 Å². The first-order valence-electron chi connectivity index (χ1n) is 11.2. The molecule has 0 aliphatic carbocycles. The smallest absolute Gasteiger partial charge is 0.278 e. The number of hydrogen-bond acceptors (Lipinski definition) is 7. The highest BCUT2D eigenvalue weighted by molar-refractivity contribution is 7.98. The molecule has 33 heavy (non-hydrogen) atoms. The lowest BCUT2D eigenvalue weighted by molar-refractivity contribution is -0.113. The number of benzene rings is 1. The molecule has 0 radical (unpaired) electrons. The van der Waals surface area contributed by atoms with Crippen molar-refractivity contribution in [1.82, 2.24) is 9.46 Å². The van der Waals surface area contributed by atoms with Crippen molar-refractivity contribution in [2.45, 2.75) is 62.5 Å². The monoisotopic (exact) mass is 493 g/mol. The zero-order valence-electron chi connectivity index (χ0n) is 19.0. The van der Waals surface area contributed by atoms with Crippen molar-refractivity contribution >= 4 is 39.3 Å². The molecule has 0 saturated heterocycles. The van der Waals surface area contributed by atoms with Gasteiger partial charge >= 0.3 is 0 Å². The summed E-state index contributed by atoms with van der Waals surface area (Å²) in [6.07, 6.45) is 8.86. The standard InChI is InChI=1S/C23H31N3O5S2/c1-3-4-5-6-7-8-11-14-32-16-17-15-20(25-31-17)24-23(28)21-22(27)18-12-9-10-13-19(18)33(29,30)26(21)2/h9-10,12-13,15,27H,3-8,11,14,16H2,1-2H3,(H,24,25,28). The summed E-state index contributed by atoms with van der Waals surface area (Å²) in [4.78, 5) is 12.7. The molecule has 1 amide bonds. The van der Waals surface area contributed by atoms with Crippen LogP contribution in [0.15, 0.2) is 45.4 Å². The predicted octanol–water partition coefficient (Wildman–Crippen LogP) is 5.16. The lowest BCUT2D eigenvalue weighted by Crippen LogP contribution is -2.37. The van der Waals surface area contributed by atoms with Crippen LogP contribution in [0.4, 0.5) is 5.82 Å². The number of carbonyl (C=O) groups excluding carboxylic acids is 1. The van der Waals surface area contributed by atoms with E-state index in [1.165, 1.54) is 57.7 Å². The van der Waals surface area contributed by atoms with Crippen LogP contribution in [0, 0.1) is 0 Å². The second-order valence-electron chi connectivity index (χ2n) is 7.97. The molecule has 3 rings (SSSR count). The highest BCUT2D eigenvalue weighted by Gasteiger charge is 2.37. The number of nitrogens with one attached hydrogen (secondary N) is 1. The Bertz CT molecular complexity index is 1100. The Hall–Kier alpha value is -2.46. The Labute approximate surface area is 199 Å². The van der Waals surface area contributed by atoms with E-state index in [2.05, 4.69) is 17.4 Å². The minimum Gasteiger partial charge on any atom is -0.505 e. The molecule has 180 valence electrons. The maximum absolute atomic E-state index is 12.8.